The van der Waals surface area contributed by atoms with Gasteiger partial charge < -0.3 is 4.90 Å². The van der Waals surface area contributed by atoms with Crippen LogP contribution in [-0.4, -0.2) is 14.1 Å². The van der Waals surface area contributed by atoms with Crippen LogP contribution in [0.25, 0.3) is 0 Å². The summed E-state index contributed by atoms with van der Waals surface area (Å²) in [6.45, 7) is 0. The Bertz CT molecular complexity index is 333. The fourth-order valence-electron chi connectivity index (χ4n) is 1.17. The second-order valence-corrected chi connectivity index (χ2v) is 3.43. The van der Waals surface area contributed by atoms with Crippen molar-refractivity contribution in [3.63, 3.8) is 0 Å². The van der Waals surface area contributed by atoms with Crippen LogP contribution in [0.5, 0.6) is 0 Å². The number of alkyl halides is 3. The first-order valence-electron chi connectivity index (χ1n) is 3.87. The number of hydrogen-bond donors (Lipinski definition) is 0. The highest BCUT2D eigenvalue weighted by atomic mass is 35.5. The molecule has 5 heteroatoms. The summed E-state index contributed by atoms with van der Waals surface area (Å²) in [7, 11) is 3.09. The standard InChI is InChI=1S/C9H9ClF3N/c1-14(2)7-5-3-4-6(10)8(7)9(11,12)13/h3-5H,1-2H3. The van der Waals surface area contributed by atoms with E-state index in [0.29, 0.717) is 0 Å². The number of rotatable bonds is 1. The summed E-state index contributed by atoms with van der Waals surface area (Å²) in [4.78, 5) is 1.38. The maximum Gasteiger partial charge on any atom is 0.419 e. The van der Waals surface area contributed by atoms with Gasteiger partial charge in [0.2, 0.25) is 0 Å². The summed E-state index contributed by atoms with van der Waals surface area (Å²) < 4.78 is 37.7. The lowest BCUT2D eigenvalue weighted by Gasteiger charge is -2.19. The van der Waals surface area contributed by atoms with E-state index < -0.39 is 11.7 Å². The highest BCUT2D eigenvalue weighted by molar-refractivity contribution is 6.31. The van der Waals surface area contributed by atoms with Gasteiger partial charge in [-0.05, 0) is 12.1 Å². The molecule has 0 aliphatic rings. The van der Waals surface area contributed by atoms with Gasteiger partial charge in [0.1, 0.15) is 0 Å². The third-order valence-electron chi connectivity index (χ3n) is 1.76. The molecule has 1 aromatic carbocycles. The highest BCUT2D eigenvalue weighted by Gasteiger charge is 2.36. The number of nitrogens with zero attached hydrogens (tertiary/aromatic N) is 1. The zero-order valence-corrected chi connectivity index (χ0v) is 8.45. The van der Waals surface area contributed by atoms with Crippen LogP contribution >= 0.6 is 11.6 Å². The van der Waals surface area contributed by atoms with Crippen molar-refractivity contribution in [1.82, 2.24) is 0 Å². The van der Waals surface area contributed by atoms with Gasteiger partial charge in [-0.15, -0.1) is 0 Å². The molecule has 0 saturated carbocycles. The van der Waals surface area contributed by atoms with E-state index in [1.54, 1.807) is 14.1 Å². The molecule has 0 atom stereocenters. The summed E-state index contributed by atoms with van der Waals surface area (Å²) in [5.41, 5.74) is -0.711. The van der Waals surface area contributed by atoms with Crippen molar-refractivity contribution in [3.8, 4) is 0 Å². The molecule has 0 fully saturated rings. The lowest BCUT2D eigenvalue weighted by molar-refractivity contribution is -0.137. The molecule has 1 nitrogen and oxygen atoms in total. The van der Waals surface area contributed by atoms with E-state index in [-0.39, 0.29) is 10.7 Å². The smallest absolute Gasteiger partial charge is 0.377 e. The van der Waals surface area contributed by atoms with Crippen LogP contribution in [0.4, 0.5) is 18.9 Å². The summed E-state index contributed by atoms with van der Waals surface area (Å²) >= 11 is 5.51. The molecule has 78 valence electrons. The zero-order chi connectivity index (χ0) is 10.9. The summed E-state index contributed by atoms with van der Waals surface area (Å²) in [5.74, 6) is 0. The van der Waals surface area contributed by atoms with Crippen LogP contribution in [0.1, 0.15) is 5.56 Å². The topological polar surface area (TPSA) is 3.24 Å². The average molecular weight is 224 g/mol. The van der Waals surface area contributed by atoms with Crippen LogP contribution in [0.3, 0.4) is 0 Å². The summed E-state index contributed by atoms with van der Waals surface area (Å²) in [5, 5.41) is -0.274. The van der Waals surface area contributed by atoms with Gasteiger partial charge in [0.15, 0.2) is 0 Å². The van der Waals surface area contributed by atoms with Crippen molar-refractivity contribution >= 4 is 17.3 Å². The van der Waals surface area contributed by atoms with Crippen molar-refractivity contribution in [2.24, 2.45) is 0 Å². The molecule has 0 spiro atoms. The molecule has 0 bridgehead atoms. The molecule has 0 amide bonds. The molecule has 0 saturated heterocycles. The third-order valence-corrected chi connectivity index (χ3v) is 2.07. The van der Waals surface area contributed by atoms with Gasteiger partial charge in [0.25, 0.3) is 0 Å². The molecule has 1 rings (SSSR count). The first kappa shape index (κ1) is 11.2. The normalized spacial score (nSPS) is 11.6. The van der Waals surface area contributed by atoms with E-state index >= 15 is 0 Å². The predicted molar refractivity (Wildman–Crippen MR) is 50.8 cm³/mol. The van der Waals surface area contributed by atoms with Crippen LogP contribution < -0.4 is 4.90 Å². The summed E-state index contributed by atoms with van der Waals surface area (Å²) in [6.07, 6.45) is -4.42. The SMILES string of the molecule is CN(C)c1cccc(Cl)c1C(F)(F)F. The molecule has 0 N–H and O–H groups in total. The Kier molecular flexibility index (Phi) is 2.95. The van der Waals surface area contributed by atoms with Crippen molar-refractivity contribution in [1.29, 1.82) is 0 Å². The molecule has 0 aromatic heterocycles. The van der Waals surface area contributed by atoms with Crippen LogP contribution in [0.2, 0.25) is 5.02 Å². The van der Waals surface area contributed by atoms with Crippen molar-refractivity contribution in [3.05, 3.63) is 28.8 Å². The van der Waals surface area contributed by atoms with E-state index in [1.807, 2.05) is 0 Å². The van der Waals surface area contributed by atoms with E-state index in [4.69, 9.17) is 11.6 Å². The average Bonchev–Trinajstić information content (AvgIpc) is 2.01. The Morgan fingerprint density at radius 3 is 2.14 bits per heavy atom. The number of halogens is 4. The Hall–Kier alpha value is -0.900. The second-order valence-electron chi connectivity index (χ2n) is 3.03. The maximum atomic E-state index is 12.6. The number of hydrogen-bond acceptors (Lipinski definition) is 1. The molecule has 0 aliphatic heterocycles. The van der Waals surface area contributed by atoms with E-state index in [9.17, 15) is 13.2 Å². The van der Waals surface area contributed by atoms with E-state index in [0.717, 1.165) is 0 Å². The van der Waals surface area contributed by atoms with Gasteiger partial charge in [0, 0.05) is 19.8 Å². The number of anilines is 1. The van der Waals surface area contributed by atoms with E-state index in [2.05, 4.69) is 0 Å². The molecular weight excluding hydrogens is 215 g/mol. The van der Waals surface area contributed by atoms with E-state index in [1.165, 1.54) is 23.1 Å². The molecule has 1 aromatic rings. The minimum absolute atomic E-state index is 0.0741. The maximum absolute atomic E-state index is 12.6. The van der Waals surface area contributed by atoms with Gasteiger partial charge in [-0.2, -0.15) is 13.2 Å². The Morgan fingerprint density at radius 2 is 1.79 bits per heavy atom. The van der Waals surface area contributed by atoms with Crippen molar-refractivity contribution < 1.29 is 13.2 Å². The second kappa shape index (κ2) is 3.69. The molecule has 14 heavy (non-hydrogen) atoms. The highest BCUT2D eigenvalue weighted by Crippen LogP contribution is 2.40. The van der Waals surface area contributed by atoms with Crippen molar-refractivity contribution in [2.75, 3.05) is 19.0 Å². The molecule has 0 unspecified atom stereocenters. The monoisotopic (exact) mass is 223 g/mol. The van der Waals surface area contributed by atoms with Gasteiger partial charge in [0.05, 0.1) is 10.6 Å². The first-order chi connectivity index (χ1) is 6.34. The molecule has 0 aliphatic carbocycles. The lowest BCUT2D eigenvalue weighted by Crippen LogP contribution is -2.16. The predicted octanol–water partition coefficient (Wildman–Crippen LogP) is 3.42. The fraction of sp³-hybridized carbons (Fsp3) is 0.333. The first-order valence-corrected chi connectivity index (χ1v) is 4.25. The van der Waals surface area contributed by atoms with Gasteiger partial charge >= 0.3 is 6.18 Å². The van der Waals surface area contributed by atoms with Crippen LogP contribution in [-0.2, 0) is 6.18 Å². The molecule has 0 heterocycles. The minimum atomic E-state index is -4.42. The van der Waals surface area contributed by atoms with Gasteiger partial charge in [-0.3, -0.25) is 0 Å². The van der Waals surface area contributed by atoms with Crippen LogP contribution in [0.15, 0.2) is 18.2 Å². The Balaban J connectivity index is 3.38. The van der Waals surface area contributed by atoms with Crippen LogP contribution in [0, 0.1) is 0 Å². The Labute approximate surface area is 85.1 Å². The molecule has 0 radical (unpaired) electrons. The third kappa shape index (κ3) is 2.12. The number of benzene rings is 1. The quantitative estimate of drug-likeness (QED) is 0.705. The fourth-order valence-corrected chi connectivity index (χ4v) is 1.44. The van der Waals surface area contributed by atoms with Crippen molar-refractivity contribution in [2.45, 2.75) is 6.18 Å². The lowest BCUT2D eigenvalue weighted by atomic mass is 10.1. The Morgan fingerprint density at radius 1 is 1.21 bits per heavy atom. The minimum Gasteiger partial charge on any atom is -0.377 e. The largest absolute Gasteiger partial charge is 0.419 e. The summed E-state index contributed by atoms with van der Waals surface area (Å²) in [6, 6.07) is 4.11. The molecular formula is C9H9ClF3N. The zero-order valence-electron chi connectivity index (χ0n) is 7.69. The van der Waals surface area contributed by atoms with Gasteiger partial charge in [-0.1, -0.05) is 17.7 Å². The van der Waals surface area contributed by atoms with Gasteiger partial charge in [-0.25, -0.2) is 0 Å².